The molecule has 0 amide bonds. The third-order valence-corrected chi connectivity index (χ3v) is 5.85. The first-order valence-electron chi connectivity index (χ1n) is 9.67. The van der Waals surface area contributed by atoms with E-state index in [0.717, 1.165) is 30.0 Å². The first kappa shape index (κ1) is 17.9. The molecule has 3 aliphatic heterocycles. The third kappa shape index (κ3) is 2.79. The van der Waals surface area contributed by atoms with Gasteiger partial charge in [0.25, 0.3) is 0 Å². The number of fused-ring (bicyclic) bond motifs is 5. The van der Waals surface area contributed by atoms with E-state index in [1.54, 1.807) is 14.2 Å². The highest BCUT2D eigenvalue weighted by molar-refractivity contribution is 5.53. The second-order valence-electron chi connectivity index (χ2n) is 7.52. The van der Waals surface area contributed by atoms with Crippen molar-refractivity contribution in [2.45, 2.75) is 24.5 Å². The van der Waals surface area contributed by atoms with E-state index >= 15 is 0 Å². The molecule has 0 saturated carbocycles. The number of ether oxygens (including phenoxy) is 5. The van der Waals surface area contributed by atoms with Crippen molar-refractivity contribution in [1.82, 2.24) is 4.90 Å². The van der Waals surface area contributed by atoms with Crippen LogP contribution in [-0.4, -0.2) is 51.7 Å². The SMILES string of the molecule is COc1cc2c(cc1OC)C1(C3OCCO3)CN(Cc3ccccc3)CC2O1. The molecule has 2 unspecified atom stereocenters. The average Bonchev–Trinajstić information content (AvgIpc) is 3.35. The zero-order valence-electron chi connectivity index (χ0n) is 16.2. The number of nitrogens with zero attached hydrogens (tertiary/aromatic N) is 1. The van der Waals surface area contributed by atoms with Gasteiger partial charge in [-0.1, -0.05) is 30.3 Å². The summed E-state index contributed by atoms with van der Waals surface area (Å²) in [6, 6.07) is 14.6. The smallest absolute Gasteiger partial charge is 0.192 e. The third-order valence-electron chi connectivity index (χ3n) is 5.85. The molecule has 2 aromatic rings. The van der Waals surface area contributed by atoms with E-state index in [2.05, 4.69) is 29.2 Å². The monoisotopic (exact) mass is 383 g/mol. The van der Waals surface area contributed by atoms with Crippen LogP contribution in [0.25, 0.3) is 0 Å². The van der Waals surface area contributed by atoms with Crippen molar-refractivity contribution in [2.24, 2.45) is 0 Å². The molecule has 0 spiro atoms. The maximum atomic E-state index is 6.60. The van der Waals surface area contributed by atoms with Gasteiger partial charge in [-0.15, -0.1) is 0 Å². The van der Waals surface area contributed by atoms with Gasteiger partial charge in [0.05, 0.1) is 33.5 Å². The Labute approximate surface area is 164 Å². The molecule has 2 saturated heterocycles. The molecular weight excluding hydrogens is 358 g/mol. The maximum Gasteiger partial charge on any atom is 0.192 e. The minimum absolute atomic E-state index is 0.0555. The van der Waals surface area contributed by atoms with Crippen molar-refractivity contribution in [3.05, 3.63) is 59.2 Å². The summed E-state index contributed by atoms with van der Waals surface area (Å²) in [5.41, 5.74) is 2.83. The first-order valence-corrected chi connectivity index (χ1v) is 9.67. The summed E-state index contributed by atoms with van der Waals surface area (Å²) >= 11 is 0. The molecule has 2 fully saturated rings. The van der Waals surface area contributed by atoms with Crippen molar-refractivity contribution >= 4 is 0 Å². The van der Waals surface area contributed by atoms with Crippen LogP contribution < -0.4 is 9.47 Å². The first-order chi connectivity index (χ1) is 13.7. The molecule has 6 heteroatoms. The molecule has 3 aliphatic rings. The number of rotatable bonds is 5. The van der Waals surface area contributed by atoms with Gasteiger partial charge in [0, 0.05) is 25.2 Å². The van der Waals surface area contributed by atoms with Crippen molar-refractivity contribution < 1.29 is 23.7 Å². The van der Waals surface area contributed by atoms with Gasteiger partial charge in [0.1, 0.15) is 0 Å². The molecule has 0 N–H and O–H groups in total. The summed E-state index contributed by atoms with van der Waals surface area (Å²) in [6.45, 7) is 3.54. The van der Waals surface area contributed by atoms with Crippen LogP contribution in [0.3, 0.4) is 0 Å². The zero-order valence-corrected chi connectivity index (χ0v) is 16.2. The minimum atomic E-state index is -0.664. The summed E-state index contributed by atoms with van der Waals surface area (Å²) in [4.78, 5) is 2.42. The van der Waals surface area contributed by atoms with Crippen LogP contribution in [-0.2, 0) is 26.4 Å². The van der Waals surface area contributed by atoms with E-state index < -0.39 is 11.9 Å². The number of methoxy groups -OCH3 is 2. The molecule has 28 heavy (non-hydrogen) atoms. The number of benzene rings is 2. The van der Waals surface area contributed by atoms with Crippen molar-refractivity contribution in [3.8, 4) is 11.5 Å². The van der Waals surface area contributed by atoms with Gasteiger partial charge in [-0.3, -0.25) is 4.90 Å². The van der Waals surface area contributed by atoms with E-state index in [9.17, 15) is 0 Å². The largest absolute Gasteiger partial charge is 0.493 e. The Hall–Kier alpha value is -2.12. The van der Waals surface area contributed by atoms with E-state index in [1.165, 1.54) is 5.56 Å². The van der Waals surface area contributed by atoms with E-state index in [1.807, 2.05) is 18.2 Å². The topological polar surface area (TPSA) is 49.4 Å². The molecular formula is C22H25NO5. The van der Waals surface area contributed by atoms with Crippen molar-refractivity contribution in [3.63, 3.8) is 0 Å². The minimum Gasteiger partial charge on any atom is -0.493 e. The Bertz CT molecular complexity index is 852. The van der Waals surface area contributed by atoms with Gasteiger partial charge in [-0.05, 0) is 23.3 Å². The molecule has 0 aromatic heterocycles. The van der Waals surface area contributed by atoms with E-state index in [-0.39, 0.29) is 6.10 Å². The lowest BCUT2D eigenvalue weighted by Gasteiger charge is -2.43. The Kier molecular flexibility index (Phi) is 4.51. The normalized spacial score (nSPS) is 27.0. The highest BCUT2D eigenvalue weighted by Crippen LogP contribution is 2.53. The predicted molar refractivity (Wildman–Crippen MR) is 102 cm³/mol. The van der Waals surface area contributed by atoms with Gasteiger partial charge in [0.15, 0.2) is 23.4 Å². The van der Waals surface area contributed by atoms with Crippen LogP contribution in [0.5, 0.6) is 11.5 Å². The van der Waals surface area contributed by atoms with Gasteiger partial charge in [-0.25, -0.2) is 0 Å². The molecule has 148 valence electrons. The summed E-state index contributed by atoms with van der Waals surface area (Å²) in [5.74, 6) is 1.42. The molecule has 0 aliphatic carbocycles. The van der Waals surface area contributed by atoms with Crippen LogP contribution >= 0.6 is 0 Å². The molecule has 2 atom stereocenters. The van der Waals surface area contributed by atoms with Crippen LogP contribution in [0.2, 0.25) is 0 Å². The lowest BCUT2D eigenvalue weighted by Crippen LogP contribution is -2.53. The van der Waals surface area contributed by atoms with Gasteiger partial charge in [-0.2, -0.15) is 0 Å². The number of morpholine rings is 1. The van der Waals surface area contributed by atoms with Crippen LogP contribution in [0.1, 0.15) is 22.8 Å². The fourth-order valence-corrected chi connectivity index (χ4v) is 4.64. The summed E-state index contributed by atoms with van der Waals surface area (Å²) in [5, 5.41) is 0. The second kappa shape index (κ2) is 7.04. The lowest BCUT2D eigenvalue weighted by atomic mass is 9.90. The molecule has 6 nitrogen and oxygen atoms in total. The molecule has 2 bridgehead atoms. The van der Waals surface area contributed by atoms with Crippen molar-refractivity contribution in [1.29, 1.82) is 0 Å². The Morgan fingerprint density at radius 3 is 2.46 bits per heavy atom. The molecule has 3 heterocycles. The van der Waals surface area contributed by atoms with Crippen molar-refractivity contribution in [2.75, 3.05) is 40.5 Å². The van der Waals surface area contributed by atoms with E-state index in [4.69, 9.17) is 23.7 Å². The lowest BCUT2D eigenvalue weighted by molar-refractivity contribution is -0.250. The molecule has 0 radical (unpaired) electrons. The Morgan fingerprint density at radius 2 is 1.75 bits per heavy atom. The van der Waals surface area contributed by atoms with Gasteiger partial charge >= 0.3 is 0 Å². The maximum absolute atomic E-state index is 6.60. The number of hydrogen-bond acceptors (Lipinski definition) is 6. The fraction of sp³-hybridized carbons (Fsp3) is 0.455. The van der Waals surface area contributed by atoms with Gasteiger partial charge in [0.2, 0.25) is 0 Å². The Morgan fingerprint density at radius 1 is 1.04 bits per heavy atom. The van der Waals surface area contributed by atoms with Crippen LogP contribution in [0.4, 0.5) is 0 Å². The predicted octanol–water partition coefficient (Wildman–Crippen LogP) is 2.86. The standard InChI is InChI=1S/C22H25NO5/c1-24-18-10-16-17(11-19(18)25-2)22(21-26-8-9-27-21)14-23(13-20(16)28-22)12-15-6-4-3-5-7-15/h3-7,10-11,20-21H,8-9,12-14H2,1-2H3. The highest BCUT2D eigenvalue weighted by Gasteiger charge is 2.57. The molecule has 2 aromatic carbocycles. The summed E-state index contributed by atoms with van der Waals surface area (Å²) < 4.78 is 29.6. The van der Waals surface area contributed by atoms with Crippen LogP contribution in [0, 0.1) is 0 Å². The summed E-state index contributed by atoms with van der Waals surface area (Å²) in [6.07, 6.45) is -0.479. The van der Waals surface area contributed by atoms with E-state index in [0.29, 0.717) is 25.5 Å². The van der Waals surface area contributed by atoms with Gasteiger partial charge < -0.3 is 23.7 Å². The molecule has 5 rings (SSSR count). The second-order valence-corrected chi connectivity index (χ2v) is 7.52. The quantitative estimate of drug-likeness (QED) is 0.791. The van der Waals surface area contributed by atoms with Crippen LogP contribution in [0.15, 0.2) is 42.5 Å². The Balaban J connectivity index is 1.55. The summed E-state index contributed by atoms with van der Waals surface area (Å²) in [7, 11) is 3.32. The highest BCUT2D eigenvalue weighted by atomic mass is 16.7. The average molecular weight is 383 g/mol. The fourth-order valence-electron chi connectivity index (χ4n) is 4.64. The zero-order chi connectivity index (χ0) is 19.1. The number of hydrogen-bond donors (Lipinski definition) is 0.